The van der Waals surface area contributed by atoms with Gasteiger partial charge in [0.1, 0.15) is 18.8 Å². The molecule has 0 heterocycles. The van der Waals surface area contributed by atoms with Crippen LogP contribution in [0, 0.1) is 32.8 Å². The van der Waals surface area contributed by atoms with Crippen LogP contribution in [0.15, 0.2) is 23.1 Å². The Morgan fingerprint density at radius 2 is 1.90 bits per heavy atom. The smallest absolute Gasteiger partial charge is 0.312 e. The maximum absolute atomic E-state index is 12.4. The summed E-state index contributed by atoms with van der Waals surface area (Å²) in [5.74, 6) is 0. The van der Waals surface area contributed by atoms with Crippen LogP contribution in [0.1, 0.15) is 0 Å². The molecule has 0 aliphatic rings. The average molecular weight is 309 g/mol. The Balaban J connectivity index is 3.55. The van der Waals surface area contributed by atoms with Crippen LogP contribution in [0.5, 0.6) is 0 Å². The Hall–Kier alpha value is -2.69. The van der Waals surface area contributed by atoms with Crippen molar-refractivity contribution in [3.63, 3.8) is 0 Å². The van der Waals surface area contributed by atoms with E-state index in [9.17, 15) is 18.5 Å². The van der Waals surface area contributed by atoms with Gasteiger partial charge in [0.25, 0.3) is 10.0 Å². The molecule has 0 saturated heterocycles. The number of nitro benzene ring substituents is 1. The van der Waals surface area contributed by atoms with E-state index in [1.807, 2.05) is 0 Å². The van der Waals surface area contributed by atoms with Gasteiger partial charge in [0, 0.05) is 7.05 Å². The summed E-state index contributed by atoms with van der Waals surface area (Å²) in [5.41, 5.74) is -0.601. The molecule has 1 aromatic rings. The summed E-state index contributed by atoms with van der Waals surface area (Å²) in [6.45, 7) is -1.15. The first-order valence-corrected chi connectivity index (χ1v) is 7.03. The van der Waals surface area contributed by atoms with Gasteiger partial charge >= 0.3 is 5.69 Å². The first-order valence-electron chi connectivity index (χ1n) is 5.59. The Morgan fingerprint density at radius 1 is 1.33 bits per heavy atom. The number of nitrogens with zero attached hydrogens (tertiary/aromatic N) is 4. The van der Waals surface area contributed by atoms with Gasteiger partial charge in [-0.05, 0) is 12.1 Å². The highest BCUT2D eigenvalue weighted by Gasteiger charge is 2.33. The Kier molecular flexibility index (Phi) is 5.18. The number of rotatable bonds is 6. The molecule has 0 bridgehead atoms. The van der Waals surface area contributed by atoms with Gasteiger partial charge in [0.15, 0.2) is 4.90 Å². The van der Waals surface area contributed by atoms with Gasteiger partial charge in [-0.1, -0.05) is 6.07 Å². The highest BCUT2D eigenvalue weighted by Crippen LogP contribution is 2.33. The van der Waals surface area contributed by atoms with Crippen molar-refractivity contribution in [2.45, 2.75) is 4.90 Å². The molecule has 0 aliphatic heterocycles. The predicted octanol–water partition coefficient (Wildman–Crippen LogP) is 0.674. The van der Waals surface area contributed by atoms with Crippen molar-refractivity contribution in [2.24, 2.45) is 0 Å². The number of benzene rings is 1. The maximum Gasteiger partial charge on any atom is 0.312 e. The summed E-state index contributed by atoms with van der Waals surface area (Å²) < 4.78 is 25.4. The van der Waals surface area contributed by atoms with Crippen LogP contribution < -0.4 is 5.32 Å². The summed E-state index contributed by atoms with van der Waals surface area (Å²) in [5, 5.41) is 31.0. The summed E-state index contributed by atoms with van der Waals surface area (Å²) in [6, 6.07) is 6.99. The van der Waals surface area contributed by atoms with Gasteiger partial charge in [0.2, 0.25) is 0 Å². The van der Waals surface area contributed by atoms with E-state index in [1.165, 1.54) is 19.2 Å². The minimum atomic E-state index is -4.33. The number of sulfonamides is 1. The lowest BCUT2D eigenvalue weighted by Gasteiger charge is -2.16. The van der Waals surface area contributed by atoms with Gasteiger partial charge in [-0.15, -0.1) is 0 Å². The summed E-state index contributed by atoms with van der Waals surface area (Å²) in [4.78, 5) is 9.75. The molecule has 21 heavy (non-hydrogen) atoms. The van der Waals surface area contributed by atoms with Crippen LogP contribution in [-0.2, 0) is 10.0 Å². The second kappa shape index (κ2) is 6.65. The van der Waals surface area contributed by atoms with E-state index in [-0.39, 0.29) is 5.69 Å². The number of nitriles is 2. The van der Waals surface area contributed by atoms with Crippen LogP contribution in [-0.4, -0.2) is 37.8 Å². The Labute approximate surface area is 121 Å². The number of hydrogen-bond donors (Lipinski definition) is 1. The lowest BCUT2D eigenvalue weighted by Crippen LogP contribution is -2.32. The second-order valence-electron chi connectivity index (χ2n) is 3.75. The van der Waals surface area contributed by atoms with Crippen molar-refractivity contribution in [3.05, 3.63) is 28.3 Å². The molecular formula is C11H11N5O4S. The third-order valence-corrected chi connectivity index (χ3v) is 4.39. The molecule has 1 rings (SSSR count). The van der Waals surface area contributed by atoms with E-state index in [1.54, 1.807) is 12.1 Å². The molecule has 110 valence electrons. The quantitative estimate of drug-likeness (QED) is 0.462. The number of nitrogens with one attached hydrogen (secondary N) is 1. The summed E-state index contributed by atoms with van der Waals surface area (Å²) in [6.07, 6.45) is 0. The zero-order valence-corrected chi connectivity index (χ0v) is 11.8. The zero-order chi connectivity index (χ0) is 16.0. The van der Waals surface area contributed by atoms with Gasteiger partial charge in [-0.3, -0.25) is 10.1 Å². The third-order valence-electron chi connectivity index (χ3n) is 2.56. The zero-order valence-electron chi connectivity index (χ0n) is 11.0. The topological polar surface area (TPSA) is 140 Å². The number of anilines is 1. The average Bonchev–Trinajstić information content (AvgIpc) is 2.45. The van der Waals surface area contributed by atoms with Gasteiger partial charge < -0.3 is 5.32 Å². The van der Waals surface area contributed by atoms with E-state index in [2.05, 4.69) is 5.32 Å². The van der Waals surface area contributed by atoms with E-state index >= 15 is 0 Å². The van der Waals surface area contributed by atoms with Crippen LogP contribution in [0.2, 0.25) is 0 Å². The minimum absolute atomic E-state index is 0.0231. The molecule has 0 atom stereocenters. The normalized spacial score (nSPS) is 10.7. The largest absolute Gasteiger partial charge is 0.383 e. The molecule has 0 aliphatic carbocycles. The lowest BCUT2D eigenvalue weighted by molar-refractivity contribution is -0.386. The molecule has 1 N–H and O–H groups in total. The van der Waals surface area contributed by atoms with E-state index in [4.69, 9.17) is 10.5 Å². The van der Waals surface area contributed by atoms with Gasteiger partial charge in [0.05, 0.1) is 17.1 Å². The highest BCUT2D eigenvalue weighted by molar-refractivity contribution is 7.89. The van der Waals surface area contributed by atoms with Crippen molar-refractivity contribution in [1.82, 2.24) is 4.31 Å². The third kappa shape index (κ3) is 3.25. The predicted molar refractivity (Wildman–Crippen MR) is 72.6 cm³/mol. The van der Waals surface area contributed by atoms with Crippen molar-refractivity contribution in [2.75, 3.05) is 25.5 Å². The second-order valence-corrected chi connectivity index (χ2v) is 5.66. The van der Waals surface area contributed by atoms with E-state index in [0.29, 0.717) is 4.31 Å². The highest BCUT2D eigenvalue weighted by atomic mass is 32.2. The minimum Gasteiger partial charge on any atom is -0.383 e. The van der Waals surface area contributed by atoms with Crippen LogP contribution >= 0.6 is 0 Å². The van der Waals surface area contributed by atoms with Crippen LogP contribution in [0.4, 0.5) is 11.4 Å². The first-order chi connectivity index (χ1) is 9.89. The Bertz CT molecular complexity index is 716. The fourth-order valence-corrected chi connectivity index (χ4v) is 3.06. The van der Waals surface area contributed by atoms with Crippen LogP contribution in [0.25, 0.3) is 0 Å². The number of para-hydroxylation sites is 1. The van der Waals surface area contributed by atoms with Crippen molar-refractivity contribution in [3.8, 4) is 12.1 Å². The van der Waals surface area contributed by atoms with Crippen molar-refractivity contribution >= 4 is 21.4 Å². The Morgan fingerprint density at radius 3 is 2.33 bits per heavy atom. The molecule has 0 aromatic heterocycles. The van der Waals surface area contributed by atoms with E-state index in [0.717, 1.165) is 6.07 Å². The van der Waals surface area contributed by atoms with Gasteiger partial charge in [-0.25, -0.2) is 8.42 Å². The molecular weight excluding hydrogens is 298 g/mol. The van der Waals surface area contributed by atoms with E-state index < -0.39 is 38.6 Å². The first kappa shape index (κ1) is 16.4. The number of nitro groups is 1. The SMILES string of the molecule is CNc1cccc(S(=O)(=O)N(CC#N)CC#N)c1[N+](=O)[O-]. The van der Waals surface area contributed by atoms with Crippen molar-refractivity contribution < 1.29 is 13.3 Å². The molecule has 9 nitrogen and oxygen atoms in total. The number of hydrogen-bond acceptors (Lipinski definition) is 7. The monoisotopic (exact) mass is 309 g/mol. The molecule has 0 unspecified atom stereocenters. The molecule has 0 saturated carbocycles. The molecule has 0 amide bonds. The lowest BCUT2D eigenvalue weighted by atomic mass is 10.3. The van der Waals surface area contributed by atoms with Crippen molar-refractivity contribution in [1.29, 1.82) is 10.5 Å². The maximum atomic E-state index is 12.4. The summed E-state index contributed by atoms with van der Waals surface area (Å²) >= 11 is 0. The standard InChI is InChI=1S/C11H11N5O4S/c1-14-9-3-2-4-10(11(9)16(17)18)21(19,20)15(7-5-12)8-6-13/h2-4,14H,7-8H2,1H3. The summed E-state index contributed by atoms with van der Waals surface area (Å²) in [7, 11) is -2.91. The van der Waals surface area contributed by atoms with Gasteiger partial charge in [-0.2, -0.15) is 14.8 Å². The molecule has 10 heteroatoms. The molecule has 0 spiro atoms. The molecule has 1 aromatic carbocycles. The van der Waals surface area contributed by atoms with Crippen LogP contribution in [0.3, 0.4) is 0 Å². The molecule has 0 fully saturated rings. The fourth-order valence-electron chi connectivity index (χ4n) is 1.64. The fraction of sp³-hybridized carbons (Fsp3) is 0.273. The molecule has 0 radical (unpaired) electrons.